The zero-order valence-corrected chi connectivity index (χ0v) is 11.6. The van der Waals surface area contributed by atoms with E-state index in [1.54, 1.807) is 0 Å². The van der Waals surface area contributed by atoms with Crippen molar-refractivity contribution in [1.82, 2.24) is 15.1 Å². The lowest BCUT2D eigenvalue weighted by atomic mass is 9.97. The van der Waals surface area contributed by atoms with Crippen LogP contribution in [0.15, 0.2) is 0 Å². The largest absolute Gasteiger partial charge is 0.306 e. The van der Waals surface area contributed by atoms with Crippen molar-refractivity contribution in [3.8, 4) is 0 Å². The maximum Gasteiger partial charge on any atom is 0.247 e. The summed E-state index contributed by atoms with van der Waals surface area (Å²) >= 11 is 0. The predicted octanol–water partition coefficient (Wildman–Crippen LogP) is 0.208. The molecule has 1 N–H and O–H groups in total. The van der Waals surface area contributed by atoms with E-state index in [-0.39, 0.29) is 23.9 Å². The van der Waals surface area contributed by atoms with Gasteiger partial charge < -0.3 is 10.2 Å². The molecular weight excluding hydrogens is 242 g/mol. The Morgan fingerprint density at radius 2 is 1.84 bits per heavy atom. The minimum absolute atomic E-state index is 0.0143. The van der Waals surface area contributed by atoms with Crippen molar-refractivity contribution in [2.45, 2.75) is 44.2 Å². The lowest BCUT2D eigenvalue weighted by molar-refractivity contribution is -0.139. The highest BCUT2D eigenvalue weighted by Gasteiger charge is 2.45. The standard InChI is InChI=1S/C14H23N3O2/c1-16-6-4-10(5-7-16)9-15-12-8-13(18)17(14(12)19)11-2-3-11/h10-12,15H,2-9H2,1H3. The second kappa shape index (κ2) is 5.21. The molecule has 2 amide bonds. The number of rotatable bonds is 4. The SMILES string of the molecule is CN1CCC(CNC2CC(=O)N(C3CC3)C2=O)CC1. The van der Waals surface area contributed by atoms with Gasteiger partial charge in [0.2, 0.25) is 11.8 Å². The molecule has 0 bridgehead atoms. The average Bonchev–Trinajstić information content (AvgIpc) is 3.17. The van der Waals surface area contributed by atoms with Gasteiger partial charge in [-0.15, -0.1) is 0 Å². The molecule has 0 spiro atoms. The first-order valence-electron chi connectivity index (χ1n) is 7.43. The van der Waals surface area contributed by atoms with E-state index in [9.17, 15) is 9.59 Å². The fraction of sp³-hybridized carbons (Fsp3) is 0.857. The van der Waals surface area contributed by atoms with Crippen molar-refractivity contribution in [1.29, 1.82) is 0 Å². The number of carbonyl (C=O) groups excluding carboxylic acids is 2. The predicted molar refractivity (Wildman–Crippen MR) is 71.5 cm³/mol. The number of nitrogens with zero attached hydrogens (tertiary/aromatic N) is 2. The molecule has 0 aromatic rings. The fourth-order valence-corrected chi connectivity index (χ4v) is 3.10. The zero-order valence-electron chi connectivity index (χ0n) is 11.6. The van der Waals surface area contributed by atoms with Gasteiger partial charge in [0.1, 0.15) is 0 Å². The van der Waals surface area contributed by atoms with Crippen LogP contribution in [0.5, 0.6) is 0 Å². The van der Waals surface area contributed by atoms with Gasteiger partial charge in [0.15, 0.2) is 0 Å². The van der Waals surface area contributed by atoms with Crippen LogP contribution in [0.1, 0.15) is 32.1 Å². The number of piperidine rings is 1. The molecule has 3 aliphatic rings. The Morgan fingerprint density at radius 3 is 2.47 bits per heavy atom. The van der Waals surface area contributed by atoms with Crippen LogP contribution in [-0.2, 0) is 9.59 Å². The van der Waals surface area contributed by atoms with Gasteiger partial charge in [0, 0.05) is 6.04 Å². The summed E-state index contributed by atoms with van der Waals surface area (Å²) < 4.78 is 0. The number of nitrogens with one attached hydrogen (secondary N) is 1. The Labute approximate surface area is 114 Å². The highest BCUT2D eigenvalue weighted by Crippen LogP contribution is 2.31. The number of hydrogen-bond acceptors (Lipinski definition) is 4. The van der Waals surface area contributed by atoms with Crippen molar-refractivity contribution in [2.75, 3.05) is 26.7 Å². The van der Waals surface area contributed by atoms with Crippen molar-refractivity contribution in [3.05, 3.63) is 0 Å². The van der Waals surface area contributed by atoms with Crippen LogP contribution in [0.25, 0.3) is 0 Å². The molecule has 2 heterocycles. The van der Waals surface area contributed by atoms with Crippen molar-refractivity contribution in [3.63, 3.8) is 0 Å². The fourth-order valence-electron chi connectivity index (χ4n) is 3.10. The number of likely N-dealkylation sites (tertiary alicyclic amines) is 2. The molecule has 2 saturated heterocycles. The molecule has 0 radical (unpaired) electrons. The van der Waals surface area contributed by atoms with Crippen LogP contribution < -0.4 is 5.32 Å². The van der Waals surface area contributed by atoms with E-state index in [4.69, 9.17) is 0 Å². The molecule has 19 heavy (non-hydrogen) atoms. The highest BCUT2D eigenvalue weighted by atomic mass is 16.2. The van der Waals surface area contributed by atoms with Crippen LogP contribution in [0.2, 0.25) is 0 Å². The van der Waals surface area contributed by atoms with Gasteiger partial charge in [0.05, 0.1) is 12.5 Å². The quantitative estimate of drug-likeness (QED) is 0.738. The Bertz CT molecular complexity index is 373. The van der Waals surface area contributed by atoms with Gasteiger partial charge in [-0.25, -0.2) is 0 Å². The monoisotopic (exact) mass is 265 g/mol. The van der Waals surface area contributed by atoms with Gasteiger partial charge in [-0.1, -0.05) is 0 Å². The number of amides is 2. The van der Waals surface area contributed by atoms with Crippen molar-refractivity contribution in [2.24, 2.45) is 5.92 Å². The molecule has 5 nitrogen and oxygen atoms in total. The Kier molecular flexibility index (Phi) is 3.58. The van der Waals surface area contributed by atoms with E-state index in [1.165, 1.54) is 17.7 Å². The molecule has 2 aliphatic heterocycles. The van der Waals surface area contributed by atoms with Crippen LogP contribution in [0.3, 0.4) is 0 Å². The summed E-state index contributed by atoms with van der Waals surface area (Å²) in [5.74, 6) is 0.683. The van der Waals surface area contributed by atoms with Crippen molar-refractivity contribution < 1.29 is 9.59 Å². The van der Waals surface area contributed by atoms with Gasteiger partial charge in [0.25, 0.3) is 0 Å². The summed E-state index contributed by atoms with van der Waals surface area (Å²) in [6.07, 6.45) is 4.73. The topological polar surface area (TPSA) is 52.7 Å². The minimum atomic E-state index is -0.257. The molecule has 106 valence electrons. The molecular formula is C14H23N3O2. The molecule has 5 heteroatoms. The second-order valence-electron chi connectivity index (χ2n) is 6.24. The van der Waals surface area contributed by atoms with Crippen LogP contribution in [0.4, 0.5) is 0 Å². The molecule has 1 unspecified atom stereocenters. The summed E-state index contributed by atoms with van der Waals surface area (Å²) in [7, 11) is 2.15. The lowest BCUT2D eigenvalue weighted by Crippen LogP contribution is -2.43. The summed E-state index contributed by atoms with van der Waals surface area (Å²) in [5, 5.41) is 3.33. The van der Waals surface area contributed by atoms with E-state index in [0.29, 0.717) is 12.3 Å². The normalized spacial score (nSPS) is 30.4. The highest BCUT2D eigenvalue weighted by molar-refractivity contribution is 6.06. The first-order valence-corrected chi connectivity index (χ1v) is 7.43. The molecule has 3 rings (SSSR count). The average molecular weight is 265 g/mol. The summed E-state index contributed by atoms with van der Waals surface area (Å²) in [4.78, 5) is 27.8. The van der Waals surface area contributed by atoms with Gasteiger partial charge in [-0.2, -0.15) is 0 Å². The molecule has 1 atom stereocenters. The van der Waals surface area contributed by atoms with E-state index in [0.717, 1.165) is 32.5 Å². The molecule has 3 fully saturated rings. The maximum atomic E-state index is 12.2. The maximum absolute atomic E-state index is 12.2. The van der Waals surface area contributed by atoms with E-state index in [2.05, 4.69) is 17.3 Å². The smallest absolute Gasteiger partial charge is 0.247 e. The van der Waals surface area contributed by atoms with Gasteiger partial charge in [-0.05, 0) is 58.3 Å². The lowest BCUT2D eigenvalue weighted by Gasteiger charge is -2.29. The summed E-state index contributed by atoms with van der Waals surface area (Å²) in [5.41, 5.74) is 0. The summed E-state index contributed by atoms with van der Waals surface area (Å²) in [6, 6.07) is -0.0390. The van der Waals surface area contributed by atoms with E-state index < -0.39 is 0 Å². The number of carbonyl (C=O) groups is 2. The first kappa shape index (κ1) is 13.1. The van der Waals surface area contributed by atoms with Crippen LogP contribution in [-0.4, -0.2) is 60.4 Å². The number of imide groups is 1. The Balaban J connectivity index is 1.48. The Morgan fingerprint density at radius 1 is 1.16 bits per heavy atom. The van der Waals surface area contributed by atoms with Crippen molar-refractivity contribution >= 4 is 11.8 Å². The van der Waals surface area contributed by atoms with Crippen LogP contribution in [0, 0.1) is 5.92 Å². The first-order chi connectivity index (χ1) is 9.15. The zero-order chi connectivity index (χ0) is 13.4. The third-order valence-corrected chi connectivity index (χ3v) is 4.59. The molecule has 1 saturated carbocycles. The molecule has 0 aromatic carbocycles. The van der Waals surface area contributed by atoms with Gasteiger partial charge >= 0.3 is 0 Å². The minimum Gasteiger partial charge on any atom is -0.306 e. The van der Waals surface area contributed by atoms with Crippen LogP contribution >= 0.6 is 0 Å². The van der Waals surface area contributed by atoms with E-state index in [1.807, 2.05) is 0 Å². The van der Waals surface area contributed by atoms with Gasteiger partial charge in [-0.3, -0.25) is 14.5 Å². The third kappa shape index (κ3) is 2.82. The molecule has 0 aromatic heterocycles. The summed E-state index contributed by atoms with van der Waals surface area (Å²) in [6.45, 7) is 3.15. The third-order valence-electron chi connectivity index (χ3n) is 4.59. The molecule has 1 aliphatic carbocycles. The Hall–Kier alpha value is -0.940. The van der Waals surface area contributed by atoms with E-state index >= 15 is 0 Å². The second-order valence-corrected chi connectivity index (χ2v) is 6.24. The number of hydrogen-bond donors (Lipinski definition) is 1.